The molecule has 106 valence electrons. The Morgan fingerprint density at radius 1 is 1.37 bits per heavy atom. The van der Waals surface area contributed by atoms with Crippen molar-refractivity contribution in [2.45, 2.75) is 37.0 Å². The number of hydrogen-bond acceptors (Lipinski definition) is 2. The van der Waals surface area contributed by atoms with Gasteiger partial charge in [-0.3, -0.25) is 0 Å². The molecular formula is C14H20ClNO2S. The highest BCUT2D eigenvalue weighted by atomic mass is 35.5. The standard InChI is InChI=1S/C14H20ClNO2S/c1-2-16(11-12-5-3-6-12)19(17,18)14-8-4-7-13(9-14)10-15/h4,7-9,12H,2-3,5-6,10-11H2,1H3. The van der Waals surface area contributed by atoms with Crippen LogP contribution in [0.1, 0.15) is 31.7 Å². The summed E-state index contributed by atoms with van der Waals surface area (Å²) in [5.41, 5.74) is 0.836. The van der Waals surface area contributed by atoms with Crippen molar-refractivity contribution in [2.24, 2.45) is 5.92 Å². The summed E-state index contributed by atoms with van der Waals surface area (Å²) in [4.78, 5) is 0.354. The molecule has 0 unspecified atom stereocenters. The van der Waals surface area contributed by atoms with Crippen LogP contribution in [0.2, 0.25) is 0 Å². The van der Waals surface area contributed by atoms with Crippen molar-refractivity contribution in [1.29, 1.82) is 0 Å². The largest absolute Gasteiger partial charge is 0.243 e. The zero-order chi connectivity index (χ0) is 13.9. The van der Waals surface area contributed by atoms with Crippen molar-refractivity contribution in [3.8, 4) is 0 Å². The molecule has 3 nitrogen and oxygen atoms in total. The van der Waals surface area contributed by atoms with Crippen LogP contribution in [0.4, 0.5) is 0 Å². The number of hydrogen-bond donors (Lipinski definition) is 0. The molecule has 0 N–H and O–H groups in total. The van der Waals surface area contributed by atoms with E-state index in [0.717, 1.165) is 18.4 Å². The highest BCUT2D eigenvalue weighted by molar-refractivity contribution is 7.89. The Kier molecular flexibility index (Phi) is 4.87. The average Bonchev–Trinajstić information content (AvgIpc) is 2.37. The second-order valence-corrected chi connectivity index (χ2v) is 7.24. The molecule has 1 aliphatic rings. The lowest BCUT2D eigenvalue weighted by molar-refractivity contribution is 0.250. The van der Waals surface area contributed by atoms with Crippen LogP contribution in [-0.4, -0.2) is 25.8 Å². The molecule has 2 rings (SSSR count). The van der Waals surface area contributed by atoms with E-state index in [1.165, 1.54) is 6.42 Å². The van der Waals surface area contributed by atoms with Gasteiger partial charge in [0.2, 0.25) is 10.0 Å². The molecule has 0 aromatic heterocycles. The Hall–Kier alpha value is -0.580. The fourth-order valence-corrected chi connectivity index (χ4v) is 4.06. The van der Waals surface area contributed by atoms with Crippen LogP contribution in [0.25, 0.3) is 0 Å². The van der Waals surface area contributed by atoms with Crippen LogP contribution in [-0.2, 0) is 15.9 Å². The third-order valence-corrected chi connectivity index (χ3v) is 5.98. The minimum Gasteiger partial charge on any atom is -0.207 e. The molecular weight excluding hydrogens is 282 g/mol. The molecule has 0 aliphatic heterocycles. The van der Waals surface area contributed by atoms with Crippen molar-refractivity contribution in [3.05, 3.63) is 29.8 Å². The lowest BCUT2D eigenvalue weighted by atomic mass is 9.85. The van der Waals surface area contributed by atoms with Gasteiger partial charge in [0.25, 0.3) is 0 Å². The van der Waals surface area contributed by atoms with E-state index < -0.39 is 10.0 Å². The molecule has 0 amide bonds. The van der Waals surface area contributed by atoms with Gasteiger partial charge in [0.15, 0.2) is 0 Å². The summed E-state index contributed by atoms with van der Waals surface area (Å²) in [6.45, 7) is 3.05. The number of sulfonamides is 1. The molecule has 0 radical (unpaired) electrons. The average molecular weight is 302 g/mol. The first-order chi connectivity index (χ1) is 9.07. The van der Waals surface area contributed by atoms with E-state index in [2.05, 4.69) is 0 Å². The maximum Gasteiger partial charge on any atom is 0.243 e. The number of nitrogens with zero attached hydrogens (tertiary/aromatic N) is 1. The first-order valence-electron chi connectivity index (χ1n) is 6.73. The maximum atomic E-state index is 12.6. The highest BCUT2D eigenvalue weighted by Gasteiger charge is 2.28. The lowest BCUT2D eigenvalue weighted by Crippen LogP contribution is -2.37. The van der Waals surface area contributed by atoms with E-state index in [4.69, 9.17) is 11.6 Å². The van der Waals surface area contributed by atoms with Gasteiger partial charge in [-0.2, -0.15) is 4.31 Å². The van der Waals surface area contributed by atoms with E-state index in [-0.39, 0.29) is 0 Å². The minimum absolute atomic E-state index is 0.331. The monoisotopic (exact) mass is 301 g/mol. The van der Waals surface area contributed by atoms with Crippen LogP contribution in [0, 0.1) is 5.92 Å². The van der Waals surface area contributed by atoms with Gasteiger partial charge in [-0.15, -0.1) is 11.6 Å². The summed E-state index contributed by atoms with van der Waals surface area (Å²) in [5.74, 6) is 0.865. The maximum absolute atomic E-state index is 12.6. The Bertz CT molecular complexity index is 526. The molecule has 1 saturated carbocycles. The van der Waals surface area contributed by atoms with Crippen LogP contribution in [0.5, 0.6) is 0 Å². The Morgan fingerprint density at radius 3 is 2.63 bits per heavy atom. The molecule has 5 heteroatoms. The third kappa shape index (κ3) is 3.30. The van der Waals surface area contributed by atoms with E-state index in [0.29, 0.717) is 29.8 Å². The number of alkyl halides is 1. The van der Waals surface area contributed by atoms with Crippen molar-refractivity contribution in [2.75, 3.05) is 13.1 Å². The third-order valence-electron chi connectivity index (χ3n) is 3.73. The normalized spacial score (nSPS) is 16.6. The molecule has 0 heterocycles. The minimum atomic E-state index is -3.38. The van der Waals surface area contributed by atoms with Crippen LogP contribution >= 0.6 is 11.6 Å². The zero-order valence-electron chi connectivity index (χ0n) is 11.2. The van der Waals surface area contributed by atoms with Crippen LogP contribution in [0.15, 0.2) is 29.2 Å². The van der Waals surface area contributed by atoms with Gasteiger partial charge in [-0.25, -0.2) is 8.42 Å². The smallest absolute Gasteiger partial charge is 0.207 e. The first-order valence-corrected chi connectivity index (χ1v) is 8.70. The second kappa shape index (κ2) is 6.25. The van der Waals surface area contributed by atoms with Gasteiger partial charge in [-0.05, 0) is 36.5 Å². The van der Waals surface area contributed by atoms with Crippen molar-refractivity contribution < 1.29 is 8.42 Å². The SMILES string of the molecule is CCN(CC1CCC1)S(=O)(=O)c1cccc(CCl)c1. The molecule has 1 aliphatic carbocycles. The molecule has 0 spiro atoms. The number of benzene rings is 1. The van der Waals surface area contributed by atoms with Crippen molar-refractivity contribution in [1.82, 2.24) is 4.31 Å². The molecule has 19 heavy (non-hydrogen) atoms. The highest BCUT2D eigenvalue weighted by Crippen LogP contribution is 2.29. The summed E-state index contributed by atoms with van der Waals surface area (Å²) in [5, 5.41) is 0. The van der Waals surface area contributed by atoms with Crippen molar-refractivity contribution >= 4 is 21.6 Å². The topological polar surface area (TPSA) is 37.4 Å². The lowest BCUT2D eigenvalue weighted by Gasteiger charge is -2.31. The second-order valence-electron chi connectivity index (χ2n) is 5.03. The Balaban J connectivity index is 2.22. The summed E-state index contributed by atoms with van der Waals surface area (Å²) >= 11 is 5.77. The van der Waals surface area contributed by atoms with Gasteiger partial charge in [0, 0.05) is 19.0 Å². The Morgan fingerprint density at radius 2 is 2.11 bits per heavy atom. The number of rotatable bonds is 6. The summed E-state index contributed by atoms with van der Waals surface area (Å²) in [6.07, 6.45) is 3.52. The van der Waals surface area contributed by atoms with Crippen molar-refractivity contribution in [3.63, 3.8) is 0 Å². The fourth-order valence-electron chi connectivity index (χ4n) is 2.30. The quantitative estimate of drug-likeness (QED) is 0.757. The van der Waals surface area contributed by atoms with Gasteiger partial charge in [0.1, 0.15) is 0 Å². The van der Waals surface area contributed by atoms with Crippen LogP contribution in [0.3, 0.4) is 0 Å². The molecule has 1 aromatic carbocycles. The predicted octanol–water partition coefficient (Wildman–Crippen LogP) is 3.24. The summed E-state index contributed by atoms with van der Waals surface area (Å²) < 4.78 is 26.8. The van der Waals surface area contributed by atoms with E-state index in [9.17, 15) is 8.42 Å². The molecule has 1 aromatic rings. The molecule has 1 fully saturated rings. The van der Waals surface area contributed by atoms with Gasteiger partial charge in [-0.1, -0.05) is 25.5 Å². The van der Waals surface area contributed by atoms with E-state index in [1.807, 2.05) is 13.0 Å². The molecule has 0 bridgehead atoms. The molecule has 0 atom stereocenters. The van der Waals surface area contributed by atoms with Gasteiger partial charge < -0.3 is 0 Å². The van der Waals surface area contributed by atoms with Gasteiger partial charge >= 0.3 is 0 Å². The van der Waals surface area contributed by atoms with E-state index in [1.54, 1.807) is 22.5 Å². The van der Waals surface area contributed by atoms with E-state index >= 15 is 0 Å². The summed E-state index contributed by atoms with van der Waals surface area (Å²) in [7, 11) is -3.38. The zero-order valence-corrected chi connectivity index (χ0v) is 12.8. The number of halogens is 1. The summed E-state index contributed by atoms with van der Waals surface area (Å²) in [6, 6.07) is 6.91. The fraction of sp³-hybridized carbons (Fsp3) is 0.571. The van der Waals surface area contributed by atoms with Gasteiger partial charge in [0.05, 0.1) is 4.90 Å². The van der Waals surface area contributed by atoms with Crippen LogP contribution < -0.4 is 0 Å². The predicted molar refractivity (Wildman–Crippen MR) is 77.8 cm³/mol. The Labute approximate surface area is 120 Å². The molecule has 0 saturated heterocycles. The first kappa shape index (κ1) is 14.8.